The van der Waals surface area contributed by atoms with Crippen LogP contribution in [0.1, 0.15) is 19.5 Å². The smallest absolute Gasteiger partial charge is 0.311 e. The van der Waals surface area contributed by atoms with E-state index in [9.17, 15) is 18.0 Å². The number of aromatic nitrogens is 1. The number of thioether (sulfide) groups is 1. The monoisotopic (exact) mass is 499 g/mol. The minimum atomic E-state index is -3.58. The predicted molar refractivity (Wildman–Crippen MR) is 122 cm³/mol. The molecule has 0 aliphatic carbocycles. The first-order valence-corrected chi connectivity index (χ1v) is 13.2. The summed E-state index contributed by atoms with van der Waals surface area (Å²) < 4.78 is 37.6. The Bertz CT molecular complexity index is 1030. The van der Waals surface area contributed by atoms with Crippen LogP contribution in [0.15, 0.2) is 38.9 Å². The quantitative estimate of drug-likeness (QED) is 0.413. The maximum Gasteiger partial charge on any atom is 0.311 e. The number of amides is 1. The minimum absolute atomic E-state index is 0.102. The molecule has 0 saturated carbocycles. The number of thiazole rings is 1. The number of carbonyl (C=O) groups is 2. The average molecular weight is 500 g/mol. The number of morpholine rings is 1. The maximum atomic E-state index is 12.7. The van der Waals surface area contributed by atoms with Crippen molar-refractivity contribution in [3.05, 3.63) is 35.3 Å². The number of nitrogens with one attached hydrogen (secondary N) is 1. The summed E-state index contributed by atoms with van der Waals surface area (Å²) in [6.45, 7) is 5.24. The lowest BCUT2D eigenvalue weighted by Gasteiger charge is -2.26. The second-order valence-corrected chi connectivity index (χ2v) is 11.3. The fourth-order valence-electron chi connectivity index (χ4n) is 2.88. The highest BCUT2D eigenvalue weighted by Gasteiger charge is 2.26. The summed E-state index contributed by atoms with van der Waals surface area (Å²) in [6.07, 6.45) is 0.102. The van der Waals surface area contributed by atoms with E-state index >= 15 is 0 Å². The van der Waals surface area contributed by atoms with E-state index < -0.39 is 15.3 Å². The summed E-state index contributed by atoms with van der Waals surface area (Å²) >= 11 is 2.65. The summed E-state index contributed by atoms with van der Waals surface area (Å²) in [5, 5.41) is 4.13. The third-order valence-electron chi connectivity index (χ3n) is 4.54. The number of anilines is 1. The lowest BCUT2D eigenvalue weighted by atomic mass is 10.3. The second kappa shape index (κ2) is 11.2. The Hall–Kier alpha value is -1.99. The van der Waals surface area contributed by atoms with Gasteiger partial charge in [0.1, 0.15) is 0 Å². The van der Waals surface area contributed by atoms with Crippen molar-refractivity contribution >= 4 is 50.7 Å². The molecule has 1 aliphatic heterocycles. The van der Waals surface area contributed by atoms with Crippen LogP contribution in [-0.4, -0.2) is 67.7 Å². The molecule has 1 fully saturated rings. The number of rotatable bonds is 9. The van der Waals surface area contributed by atoms with Crippen molar-refractivity contribution in [2.75, 3.05) is 38.2 Å². The van der Waals surface area contributed by atoms with Gasteiger partial charge in [-0.1, -0.05) is 11.8 Å². The van der Waals surface area contributed by atoms with E-state index in [0.717, 1.165) is 0 Å². The molecule has 9 nitrogen and oxygen atoms in total. The van der Waals surface area contributed by atoms with Crippen LogP contribution in [-0.2, 0) is 35.5 Å². The Balaban J connectivity index is 1.55. The molecular weight excluding hydrogens is 474 g/mol. The maximum absolute atomic E-state index is 12.7. The summed E-state index contributed by atoms with van der Waals surface area (Å²) in [5.74, 6) is -0.569. The van der Waals surface area contributed by atoms with Gasteiger partial charge in [0.15, 0.2) is 4.34 Å². The van der Waals surface area contributed by atoms with Gasteiger partial charge < -0.3 is 14.8 Å². The average Bonchev–Trinajstić information content (AvgIpc) is 3.21. The summed E-state index contributed by atoms with van der Waals surface area (Å²) in [4.78, 5) is 28.6. The number of hydrogen-bond donors (Lipinski definition) is 1. The number of benzene rings is 1. The highest BCUT2D eigenvalue weighted by atomic mass is 32.2. The zero-order valence-corrected chi connectivity index (χ0v) is 20.2. The molecule has 32 heavy (non-hydrogen) atoms. The molecule has 0 spiro atoms. The molecule has 0 radical (unpaired) electrons. The second-order valence-electron chi connectivity index (χ2n) is 6.88. The molecule has 12 heteroatoms. The zero-order valence-electron chi connectivity index (χ0n) is 17.8. The number of carbonyl (C=O) groups excluding carboxylic acids is 2. The molecule has 1 amide bonds. The van der Waals surface area contributed by atoms with Crippen LogP contribution < -0.4 is 5.32 Å². The van der Waals surface area contributed by atoms with E-state index in [1.54, 1.807) is 31.4 Å². The Morgan fingerprint density at radius 2 is 1.97 bits per heavy atom. The van der Waals surface area contributed by atoms with Gasteiger partial charge in [-0.2, -0.15) is 4.31 Å². The molecule has 1 atom stereocenters. The predicted octanol–water partition coefficient (Wildman–Crippen LogP) is 2.39. The van der Waals surface area contributed by atoms with Crippen molar-refractivity contribution in [1.29, 1.82) is 0 Å². The van der Waals surface area contributed by atoms with Gasteiger partial charge in [-0.05, 0) is 38.1 Å². The van der Waals surface area contributed by atoms with E-state index in [1.165, 1.54) is 39.5 Å². The molecule has 1 aromatic carbocycles. The Morgan fingerprint density at radius 1 is 1.28 bits per heavy atom. The molecule has 2 heterocycles. The van der Waals surface area contributed by atoms with Crippen molar-refractivity contribution in [2.24, 2.45) is 0 Å². The SMILES string of the molecule is CCOC(=O)Cc1csc(SC(C)C(=O)Nc2ccc(S(=O)(=O)N3CCOCC3)cc2)n1. The molecule has 1 aromatic heterocycles. The summed E-state index contributed by atoms with van der Waals surface area (Å²) in [7, 11) is -3.58. The van der Waals surface area contributed by atoms with Gasteiger partial charge in [-0.15, -0.1) is 11.3 Å². The number of esters is 1. The fourth-order valence-corrected chi connectivity index (χ4v) is 6.27. The van der Waals surface area contributed by atoms with Gasteiger partial charge in [0, 0.05) is 24.2 Å². The lowest BCUT2D eigenvalue weighted by Crippen LogP contribution is -2.40. The Labute approximate surface area is 195 Å². The number of ether oxygens (including phenoxy) is 2. The number of hydrogen-bond acceptors (Lipinski definition) is 9. The van der Waals surface area contributed by atoms with Crippen LogP contribution in [0.4, 0.5) is 5.69 Å². The fraction of sp³-hybridized carbons (Fsp3) is 0.450. The molecule has 3 rings (SSSR count). The highest BCUT2D eigenvalue weighted by molar-refractivity contribution is 8.02. The van der Waals surface area contributed by atoms with Gasteiger partial charge in [0.05, 0.1) is 42.1 Å². The zero-order chi connectivity index (χ0) is 23.1. The third-order valence-corrected chi connectivity index (χ3v) is 8.57. The molecule has 1 N–H and O–H groups in total. The van der Waals surface area contributed by atoms with E-state index in [2.05, 4.69) is 10.3 Å². The van der Waals surface area contributed by atoms with E-state index in [1.807, 2.05) is 0 Å². The first-order chi connectivity index (χ1) is 15.3. The number of sulfonamides is 1. The third kappa shape index (κ3) is 6.51. The normalized spacial score (nSPS) is 15.8. The summed E-state index contributed by atoms with van der Waals surface area (Å²) in [6, 6.07) is 6.12. The highest BCUT2D eigenvalue weighted by Crippen LogP contribution is 2.28. The number of nitrogens with zero attached hydrogens (tertiary/aromatic N) is 2. The van der Waals surface area contributed by atoms with Gasteiger partial charge in [0.25, 0.3) is 0 Å². The van der Waals surface area contributed by atoms with Crippen LogP contribution in [0.3, 0.4) is 0 Å². The van der Waals surface area contributed by atoms with Gasteiger partial charge >= 0.3 is 5.97 Å². The van der Waals surface area contributed by atoms with Crippen LogP contribution in [0.5, 0.6) is 0 Å². The van der Waals surface area contributed by atoms with Crippen LogP contribution in [0.25, 0.3) is 0 Å². The van der Waals surface area contributed by atoms with Crippen LogP contribution >= 0.6 is 23.1 Å². The Kier molecular flexibility index (Phi) is 8.65. The van der Waals surface area contributed by atoms with E-state index in [4.69, 9.17) is 9.47 Å². The first-order valence-electron chi connectivity index (χ1n) is 10.0. The standard InChI is InChI=1S/C20H25N3O6S3/c1-3-29-18(24)12-16-13-30-20(22-16)31-14(2)19(25)21-15-4-6-17(7-5-15)32(26,27)23-8-10-28-11-9-23/h4-7,13-14H,3,8-12H2,1-2H3,(H,21,25). The minimum Gasteiger partial charge on any atom is -0.466 e. The van der Waals surface area contributed by atoms with Gasteiger partial charge in [-0.3, -0.25) is 9.59 Å². The molecule has 1 aliphatic rings. The molecule has 1 unspecified atom stereocenters. The van der Waals surface area contributed by atoms with Crippen LogP contribution in [0.2, 0.25) is 0 Å². The summed E-state index contributed by atoms with van der Waals surface area (Å²) in [5.41, 5.74) is 1.12. The Morgan fingerprint density at radius 3 is 2.62 bits per heavy atom. The van der Waals surface area contributed by atoms with Gasteiger partial charge in [0.2, 0.25) is 15.9 Å². The molecule has 174 valence electrons. The largest absolute Gasteiger partial charge is 0.466 e. The van der Waals surface area contributed by atoms with E-state index in [0.29, 0.717) is 48.6 Å². The van der Waals surface area contributed by atoms with Crippen molar-refractivity contribution < 1.29 is 27.5 Å². The topological polar surface area (TPSA) is 115 Å². The van der Waals surface area contributed by atoms with Crippen molar-refractivity contribution in [1.82, 2.24) is 9.29 Å². The molecule has 2 aromatic rings. The van der Waals surface area contributed by atoms with Crippen molar-refractivity contribution in [2.45, 2.75) is 34.8 Å². The van der Waals surface area contributed by atoms with Crippen molar-refractivity contribution in [3.63, 3.8) is 0 Å². The van der Waals surface area contributed by atoms with Crippen molar-refractivity contribution in [3.8, 4) is 0 Å². The van der Waals surface area contributed by atoms with E-state index in [-0.39, 0.29) is 23.2 Å². The van der Waals surface area contributed by atoms with Gasteiger partial charge in [-0.25, -0.2) is 13.4 Å². The van der Waals surface area contributed by atoms with Crippen LogP contribution in [0, 0.1) is 0 Å². The molecule has 1 saturated heterocycles. The molecule has 0 bridgehead atoms. The first kappa shape index (κ1) is 24.6. The molecular formula is C20H25N3O6S3. The lowest BCUT2D eigenvalue weighted by molar-refractivity contribution is -0.142.